The minimum atomic E-state index is 0.342. The molecule has 0 bridgehead atoms. The van der Waals surface area contributed by atoms with E-state index in [0.717, 1.165) is 17.5 Å². The van der Waals surface area contributed by atoms with Crippen molar-refractivity contribution in [2.24, 2.45) is 0 Å². The largest absolute Gasteiger partial charge is 0.298 e. The molecular formula is C12H18N2O. The minimum Gasteiger partial charge on any atom is -0.298 e. The fourth-order valence-corrected chi connectivity index (χ4v) is 2.51. The number of aldehydes is 1. The van der Waals surface area contributed by atoms with Gasteiger partial charge in [-0.2, -0.15) is 5.10 Å². The SMILES string of the molecule is CC(C)n1ncc(C=O)c1C1CCCC1. The van der Waals surface area contributed by atoms with Crippen LogP contribution in [0.3, 0.4) is 0 Å². The van der Waals surface area contributed by atoms with E-state index in [1.807, 2.05) is 4.68 Å². The Bertz CT molecular complexity index is 349. The molecule has 0 radical (unpaired) electrons. The molecule has 0 aliphatic heterocycles. The monoisotopic (exact) mass is 206 g/mol. The van der Waals surface area contributed by atoms with Crippen molar-refractivity contribution in [2.75, 3.05) is 0 Å². The van der Waals surface area contributed by atoms with Crippen molar-refractivity contribution in [3.05, 3.63) is 17.5 Å². The van der Waals surface area contributed by atoms with E-state index in [0.29, 0.717) is 12.0 Å². The first-order chi connectivity index (χ1) is 7.24. The van der Waals surface area contributed by atoms with Crippen molar-refractivity contribution in [3.63, 3.8) is 0 Å². The Labute approximate surface area is 90.5 Å². The summed E-state index contributed by atoms with van der Waals surface area (Å²) in [4.78, 5) is 11.0. The number of aromatic nitrogens is 2. The molecule has 0 atom stereocenters. The van der Waals surface area contributed by atoms with E-state index in [4.69, 9.17) is 0 Å². The van der Waals surface area contributed by atoms with Gasteiger partial charge in [0, 0.05) is 12.0 Å². The summed E-state index contributed by atoms with van der Waals surface area (Å²) in [5, 5.41) is 4.32. The molecule has 1 aromatic rings. The van der Waals surface area contributed by atoms with Crippen LogP contribution in [0.15, 0.2) is 6.20 Å². The molecule has 1 heterocycles. The number of carbonyl (C=O) groups is 1. The van der Waals surface area contributed by atoms with Crippen molar-refractivity contribution in [2.45, 2.75) is 51.5 Å². The lowest BCUT2D eigenvalue weighted by molar-refractivity contribution is 0.112. The van der Waals surface area contributed by atoms with Crippen LogP contribution in [0.25, 0.3) is 0 Å². The number of hydrogen-bond acceptors (Lipinski definition) is 2. The van der Waals surface area contributed by atoms with Gasteiger partial charge in [-0.3, -0.25) is 9.48 Å². The lowest BCUT2D eigenvalue weighted by Crippen LogP contribution is -2.11. The fourth-order valence-electron chi connectivity index (χ4n) is 2.51. The molecule has 0 N–H and O–H groups in total. The first-order valence-electron chi connectivity index (χ1n) is 5.76. The van der Waals surface area contributed by atoms with Gasteiger partial charge < -0.3 is 0 Å². The predicted octanol–water partition coefficient (Wildman–Crippen LogP) is 2.93. The third kappa shape index (κ3) is 1.83. The Kier molecular flexibility index (Phi) is 2.89. The molecule has 0 aromatic carbocycles. The van der Waals surface area contributed by atoms with Gasteiger partial charge in [-0.1, -0.05) is 12.8 Å². The van der Waals surface area contributed by atoms with Crippen molar-refractivity contribution in [1.82, 2.24) is 9.78 Å². The Morgan fingerprint density at radius 3 is 2.67 bits per heavy atom. The maximum atomic E-state index is 11.0. The highest BCUT2D eigenvalue weighted by Gasteiger charge is 2.24. The molecule has 3 nitrogen and oxygen atoms in total. The van der Waals surface area contributed by atoms with Crippen LogP contribution in [0.1, 0.15) is 67.5 Å². The van der Waals surface area contributed by atoms with Gasteiger partial charge in [0.2, 0.25) is 0 Å². The van der Waals surface area contributed by atoms with E-state index in [2.05, 4.69) is 18.9 Å². The minimum absolute atomic E-state index is 0.342. The molecule has 82 valence electrons. The quantitative estimate of drug-likeness (QED) is 0.713. The zero-order valence-corrected chi connectivity index (χ0v) is 9.44. The van der Waals surface area contributed by atoms with Gasteiger partial charge in [-0.05, 0) is 26.7 Å². The Morgan fingerprint density at radius 1 is 1.47 bits per heavy atom. The summed E-state index contributed by atoms with van der Waals surface area (Å²) in [5.41, 5.74) is 1.95. The van der Waals surface area contributed by atoms with Gasteiger partial charge in [0.05, 0.1) is 17.5 Å². The number of nitrogens with zero attached hydrogens (tertiary/aromatic N) is 2. The zero-order chi connectivity index (χ0) is 10.8. The Balaban J connectivity index is 2.39. The van der Waals surface area contributed by atoms with Gasteiger partial charge >= 0.3 is 0 Å². The van der Waals surface area contributed by atoms with Crippen LogP contribution in [0.4, 0.5) is 0 Å². The zero-order valence-electron chi connectivity index (χ0n) is 9.44. The molecule has 3 heteroatoms. The van der Waals surface area contributed by atoms with Crippen molar-refractivity contribution in [1.29, 1.82) is 0 Å². The summed E-state index contributed by atoms with van der Waals surface area (Å²) in [6.45, 7) is 4.22. The maximum Gasteiger partial charge on any atom is 0.153 e. The molecule has 0 unspecified atom stereocenters. The molecule has 2 rings (SSSR count). The second-order valence-electron chi connectivity index (χ2n) is 4.62. The van der Waals surface area contributed by atoms with Gasteiger partial charge in [0.1, 0.15) is 0 Å². The first-order valence-corrected chi connectivity index (χ1v) is 5.76. The van der Waals surface area contributed by atoms with Gasteiger partial charge in [-0.25, -0.2) is 0 Å². The Hall–Kier alpha value is -1.12. The van der Waals surface area contributed by atoms with Gasteiger partial charge in [0.15, 0.2) is 6.29 Å². The van der Waals surface area contributed by atoms with Crippen LogP contribution in [-0.2, 0) is 0 Å². The molecule has 0 amide bonds. The number of hydrogen-bond donors (Lipinski definition) is 0. The normalized spacial score (nSPS) is 17.5. The second-order valence-corrected chi connectivity index (χ2v) is 4.62. The molecule has 1 fully saturated rings. The predicted molar refractivity (Wildman–Crippen MR) is 59.2 cm³/mol. The highest BCUT2D eigenvalue weighted by Crippen LogP contribution is 2.36. The van der Waals surface area contributed by atoms with E-state index in [1.165, 1.54) is 25.7 Å². The number of carbonyl (C=O) groups excluding carboxylic acids is 1. The molecular weight excluding hydrogens is 188 g/mol. The average Bonchev–Trinajstić information content (AvgIpc) is 2.85. The van der Waals surface area contributed by atoms with Crippen molar-refractivity contribution < 1.29 is 4.79 Å². The van der Waals surface area contributed by atoms with Crippen LogP contribution < -0.4 is 0 Å². The molecule has 15 heavy (non-hydrogen) atoms. The maximum absolute atomic E-state index is 11.0. The summed E-state index contributed by atoms with van der Waals surface area (Å²) in [7, 11) is 0. The van der Waals surface area contributed by atoms with E-state index in [9.17, 15) is 4.79 Å². The summed E-state index contributed by atoms with van der Waals surface area (Å²) in [6.07, 6.45) is 7.64. The Morgan fingerprint density at radius 2 is 2.13 bits per heavy atom. The van der Waals surface area contributed by atoms with Crippen LogP contribution in [0, 0.1) is 0 Å². The number of rotatable bonds is 3. The summed E-state index contributed by atoms with van der Waals surface area (Å²) >= 11 is 0. The summed E-state index contributed by atoms with van der Waals surface area (Å²) in [5.74, 6) is 0.551. The highest BCUT2D eigenvalue weighted by atomic mass is 16.1. The van der Waals surface area contributed by atoms with Gasteiger partial charge in [0.25, 0.3) is 0 Å². The molecule has 1 saturated carbocycles. The fraction of sp³-hybridized carbons (Fsp3) is 0.667. The molecule has 0 spiro atoms. The van der Waals surface area contributed by atoms with E-state index in [1.54, 1.807) is 6.20 Å². The third-order valence-corrected chi connectivity index (χ3v) is 3.22. The summed E-state index contributed by atoms with van der Waals surface area (Å²) < 4.78 is 2.01. The average molecular weight is 206 g/mol. The van der Waals surface area contributed by atoms with Crippen LogP contribution in [-0.4, -0.2) is 16.1 Å². The summed E-state index contributed by atoms with van der Waals surface area (Å²) in [6, 6.07) is 0.342. The van der Waals surface area contributed by atoms with Crippen LogP contribution in [0.5, 0.6) is 0 Å². The smallest absolute Gasteiger partial charge is 0.153 e. The third-order valence-electron chi connectivity index (χ3n) is 3.22. The lowest BCUT2D eigenvalue weighted by Gasteiger charge is -2.16. The lowest BCUT2D eigenvalue weighted by atomic mass is 10.0. The van der Waals surface area contributed by atoms with E-state index in [-0.39, 0.29) is 0 Å². The van der Waals surface area contributed by atoms with Crippen LogP contribution in [0.2, 0.25) is 0 Å². The topological polar surface area (TPSA) is 34.9 Å². The van der Waals surface area contributed by atoms with E-state index < -0.39 is 0 Å². The van der Waals surface area contributed by atoms with Crippen molar-refractivity contribution in [3.8, 4) is 0 Å². The van der Waals surface area contributed by atoms with E-state index >= 15 is 0 Å². The van der Waals surface area contributed by atoms with Crippen molar-refractivity contribution >= 4 is 6.29 Å². The highest BCUT2D eigenvalue weighted by molar-refractivity contribution is 5.76. The molecule has 1 aromatic heterocycles. The molecule has 1 aliphatic carbocycles. The standard InChI is InChI=1S/C12H18N2O/c1-9(2)14-12(10-5-3-4-6-10)11(8-15)7-13-14/h7-10H,3-6H2,1-2H3. The van der Waals surface area contributed by atoms with Gasteiger partial charge in [-0.15, -0.1) is 0 Å². The molecule has 1 aliphatic rings. The molecule has 0 saturated heterocycles. The second kappa shape index (κ2) is 4.17. The first kappa shape index (κ1) is 10.4. The van der Waals surface area contributed by atoms with Crippen LogP contribution >= 0.6 is 0 Å².